The molecule has 0 aliphatic rings. The van der Waals surface area contributed by atoms with Crippen molar-refractivity contribution in [1.82, 2.24) is 14.8 Å². The first-order valence-electron chi connectivity index (χ1n) is 10.1. The van der Waals surface area contributed by atoms with Crippen molar-refractivity contribution in [3.8, 4) is 5.75 Å². The number of aryl methyl sites for hydroxylation is 2. The Bertz CT molecular complexity index is 1080. The minimum atomic E-state index is -0.273. The number of carbonyl (C=O) groups excluding carboxylic acids is 1. The van der Waals surface area contributed by atoms with E-state index < -0.39 is 0 Å². The molecule has 0 saturated carbocycles. The van der Waals surface area contributed by atoms with Gasteiger partial charge in [-0.15, -0.1) is 10.2 Å². The van der Waals surface area contributed by atoms with Crippen molar-refractivity contribution in [3.05, 3.63) is 63.9 Å². The maximum absolute atomic E-state index is 12.4. The first-order chi connectivity index (χ1) is 14.8. The van der Waals surface area contributed by atoms with Crippen LogP contribution in [-0.4, -0.2) is 26.4 Å². The smallest absolute Gasteiger partial charge is 0.234 e. The number of benzene rings is 2. The van der Waals surface area contributed by atoms with E-state index in [2.05, 4.69) is 28.5 Å². The van der Waals surface area contributed by atoms with Gasteiger partial charge in [-0.1, -0.05) is 41.6 Å². The fourth-order valence-electron chi connectivity index (χ4n) is 3.15. The van der Waals surface area contributed by atoms with Gasteiger partial charge in [0, 0.05) is 17.3 Å². The van der Waals surface area contributed by atoms with Gasteiger partial charge >= 0.3 is 0 Å². The van der Waals surface area contributed by atoms with E-state index in [-0.39, 0.29) is 17.8 Å². The number of nitrogens with one attached hydrogen (secondary N) is 1. The van der Waals surface area contributed by atoms with Crippen molar-refractivity contribution in [1.29, 1.82) is 0 Å². The van der Waals surface area contributed by atoms with Gasteiger partial charge in [-0.05, 0) is 69.5 Å². The van der Waals surface area contributed by atoms with Crippen LogP contribution in [-0.2, 0) is 11.3 Å². The lowest BCUT2D eigenvalue weighted by atomic mass is 10.1. The molecule has 3 rings (SSSR count). The molecule has 0 radical (unpaired) electrons. The maximum Gasteiger partial charge on any atom is 0.234 e. The lowest BCUT2D eigenvalue weighted by Gasteiger charge is -2.17. The van der Waals surface area contributed by atoms with Gasteiger partial charge in [0.2, 0.25) is 5.91 Å². The van der Waals surface area contributed by atoms with Crippen LogP contribution in [0.3, 0.4) is 0 Å². The Morgan fingerprint density at radius 1 is 1.19 bits per heavy atom. The lowest BCUT2D eigenvalue weighted by molar-refractivity contribution is -0.113. The first-order valence-corrected chi connectivity index (χ1v) is 11.5. The number of amides is 1. The van der Waals surface area contributed by atoms with Gasteiger partial charge in [0.25, 0.3) is 0 Å². The number of thioether (sulfide) groups is 1. The summed E-state index contributed by atoms with van der Waals surface area (Å²) in [5.41, 5.74) is 3.96. The number of rotatable bonds is 8. The highest BCUT2D eigenvalue weighted by Crippen LogP contribution is 2.28. The molecule has 8 heteroatoms. The van der Waals surface area contributed by atoms with Crippen molar-refractivity contribution >= 4 is 35.0 Å². The van der Waals surface area contributed by atoms with Crippen molar-refractivity contribution in [2.24, 2.45) is 0 Å². The van der Waals surface area contributed by atoms with Crippen molar-refractivity contribution in [2.45, 2.75) is 52.4 Å². The molecular weight excluding hydrogens is 432 g/mol. The fraction of sp³-hybridized carbons (Fsp3) is 0.348. The Morgan fingerprint density at radius 3 is 2.71 bits per heavy atom. The predicted octanol–water partition coefficient (Wildman–Crippen LogP) is 5.75. The average molecular weight is 459 g/mol. The van der Waals surface area contributed by atoms with Crippen LogP contribution in [0.5, 0.6) is 5.75 Å². The van der Waals surface area contributed by atoms with Crippen LogP contribution < -0.4 is 10.1 Å². The highest BCUT2D eigenvalue weighted by Gasteiger charge is 2.20. The monoisotopic (exact) mass is 458 g/mol. The highest BCUT2D eigenvalue weighted by molar-refractivity contribution is 7.99. The second-order valence-electron chi connectivity index (χ2n) is 7.34. The molecule has 1 atom stereocenters. The van der Waals surface area contributed by atoms with Gasteiger partial charge in [-0.25, -0.2) is 0 Å². The number of hydrogen-bond acceptors (Lipinski definition) is 5. The quantitative estimate of drug-likeness (QED) is 0.435. The number of carbonyl (C=O) groups is 1. The molecule has 164 valence electrons. The van der Waals surface area contributed by atoms with E-state index in [1.807, 2.05) is 50.5 Å². The topological polar surface area (TPSA) is 69.0 Å². The van der Waals surface area contributed by atoms with Gasteiger partial charge < -0.3 is 14.6 Å². The number of nitrogens with zero attached hydrogens (tertiary/aromatic N) is 3. The molecule has 2 aromatic carbocycles. The molecule has 0 spiro atoms. The summed E-state index contributed by atoms with van der Waals surface area (Å²) in [6.07, 6.45) is -0.273. The van der Waals surface area contributed by atoms with Crippen LogP contribution in [0.2, 0.25) is 5.02 Å². The van der Waals surface area contributed by atoms with Crippen LogP contribution in [0.25, 0.3) is 0 Å². The molecule has 0 bridgehead atoms. The van der Waals surface area contributed by atoms with Gasteiger partial charge in [0.15, 0.2) is 17.1 Å². The van der Waals surface area contributed by atoms with Gasteiger partial charge in [0.1, 0.15) is 5.75 Å². The average Bonchev–Trinajstić information content (AvgIpc) is 3.15. The molecule has 1 N–H and O–H groups in total. The van der Waals surface area contributed by atoms with Crippen molar-refractivity contribution in [2.75, 3.05) is 11.1 Å². The Morgan fingerprint density at radius 2 is 1.97 bits per heavy atom. The zero-order valence-electron chi connectivity index (χ0n) is 18.4. The van der Waals surface area contributed by atoms with Crippen LogP contribution in [0, 0.1) is 20.8 Å². The SMILES string of the molecule is CCn1c(SCC(=O)Nc2cc(Cl)ccc2C)nnc1C(C)Oc1cccc(C)c1C. The van der Waals surface area contributed by atoms with E-state index in [0.29, 0.717) is 22.4 Å². The Balaban J connectivity index is 1.67. The molecule has 3 aromatic rings. The van der Waals surface area contributed by atoms with E-state index in [4.69, 9.17) is 16.3 Å². The van der Waals surface area contributed by atoms with Gasteiger partial charge in [-0.2, -0.15) is 0 Å². The summed E-state index contributed by atoms with van der Waals surface area (Å²) in [5.74, 6) is 1.67. The number of halogens is 1. The zero-order valence-corrected chi connectivity index (χ0v) is 20.0. The summed E-state index contributed by atoms with van der Waals surface area (Å²) in [4.78, 5) is 12.4. The molecule has 0 saturated heterocycles. The Labute approximate surface area is 192 Å². The molecule has 0 aliphatic heterocycles. The molecule has 0 fully saturated rings. The van der Waals surface area contributed by atoms with Crippen LogP contribution >= 0.6 is 23.4 Å². The number of anilines is 1. The Kier molecular flexibility index (Phi) is 7.62. The molecule has 6 nitrogen and oxygen atoms in total. The molecule has 1 amide bonds. The number of aromatic nitrogens is 3. The standard InChI is InChI=1S/C23H27ClN4O2S/c1-6-28-22(17(5)30-20-9-7-8-14(2)16(20)4)26-27-23(28)31-13-21(29)25-19-12-18(24)11-10-15(19)3/h7-12,17H,6,13H2,1-5H3,(H,25,29). The van der Waals surface area contributed by atoms with Crippen LogP contribution in [0.15, 0.2) is 41.6 Å². The highest BCUT2D eigenvalue weighted by atomic mass is 35.5. The molecule has 1 heterocycles. The third kappa shape index (κ3) is 5.60. The molecule has 1 aromatic heterocycles. The second-order valence-corrected chi connectivity index (χ2v) is 8.72. The third-order valence-corrected chi connectivity index (χ3v) is 6.29. The van der Waals surface area contributed by atoms with Crippen LogP contribution in [0.4, 0.5) is 5.69 Å². The second kappa shape index (κ2) is 10.2. The summed E-state index contributed by atoms with van der Waals surface area (Å²) in [5, 5.41) is 12.8. The molecule has 1 unspecified atom stereocenters. The summed E-state index contributed by atoms with van der Waals surface area (Å²) >= 11 is 7.38. The molecular formula is C23H27ClN4O2S. The summed E-state index contributed by atoms with van der Waals surface area (Å²) in [6.45, 7) is 10.7. The van der Waals surface area contributed by atoms with E-state index in [0.717, 1.165) is 22.7 Å². The maximum atomic E-state index is 12.4. The molecule has 0 aliphatic carbocycles. The Hall–Kier alpha value is -2.51. The summed E-state index contributed by atoms with van der Waals surface area (Å²) in [7, 11) is 0. The summed E-state index contributed by atoms with van der Waals surface area (Å²) in [6, 6.07) is 11.4. The minimum absolute atomic E-state index is 0.123. The summed E-state index contributed by atoms with van der Waals surface area (Å²) < 4.78 is 8.16. The van der Waals surface area contributed by atoms with Crippen molar-refractivity contribution in [3.63, 3.8) is 0 Å². The van der Waals surface area contributed by atoms with E-state index in [9.17, 15) is 4.79 Å². The first kappa shape index (κ1) is 23.2. The largest absolute Gasteiger partial charge is 0.482 e. The fourth-order valence-corrected chi connectivity index (χ4v) is 4.13. The minimum Gasteiger partial charge on any atom is -0.482 e. The number of ether oxygens (including phenoxy) is 1. The van der Waals surface area contributed by atoms with Gasteiger partial charge in [0.05, 0.1) is 5.75 Å². The predicted molar refractivity (Wildman–Crippen MR) is 126 cm³/mol. The van der Waals surface area contributed by atoms with E-state index in [1.165, 1.54) is 17.3 Å². The van der Waals surface area contributed by atoms with E-state index in [1.54, 1.807) is 12.1 Å². The normalized spacial score (nSPS) is 11.9. The van der Waals surface area contributed by atoms with E-state index >= 15 is 0 Å². The third-order valence-electron chi connectivity index (χ3n) is 5.09. The van der Waals surface area contributed by atoms with Crippen LogP contribution in [0.1, 0.15) is 42.5 Å². The lowest BCUT2D eigenvalue weighted by Crippen LogP contribution is -2.16. The van der Waals surface area contributed by atoms with Gasteiger partial charge in [-0.3, -0.25) is 4.79 Å². The zero-order chi connectivity index (χ0) is 22.5. The molecule has 31 heavy (non-hydrogen) atoms. The number of hydrogen-bond donors (Lipinski definition) is 1. The van der Waals surface area contributed by atoms with Crippen molar-refractivity contribution < 1.29 is 9.53 Å².